The Kier molecular flexibility index (Phi) is 5.51. The lowest BCUT2D eigenvalue weighted by molar-refractivity contribution is -0.155. The van der Waals surface area contributed by atoms with Gasteiger partial charge in [-0.05, 0) is 48.6 Å². The Morgan fingerprint density at radius 2 is 1.85 bits per heavy atom. The van der Waals surface area contributed by atoms with Gasteiger partial charge in [-0.15, -0.1) is 0 Å². The van der Waals surface area contributed by atoms with Gasteiger partial charge < -0.3 is 15.2 Å². The number of hydrogen-bond acceptors (Lipinski definition) is 6. The normalized spacial score (nSPS) is 18.3. The van der Waals surface area contributed by atoms with E-state index >= 15 is 0 Å². The van der Waals surface area contributed by atoms with Gasteiger partial charge in [0.2, 0.25) is 0 Å². The van der Waals surface area contributed by atoms with Crippen molar-refractivity contribution in [3.05, 3.63) is 66.4 Å². The molecule has 1 aliphatic carbocycles. The van der Waals surface area contributed by atoms with Gasteiger partial charge in [-0.25, -0.2) is 19.3 Å². The van der Waals surface area contributed by atoms with Gasteiger partial charge in [0.25, 0.3) is 0 Å². The molecular formula is C28H23F4N7. The Balaban J connectivity index is 1.41. The van der Waals surface area contributed by atoms with Crippen molar-refractivity contribution in [1.82, 2.24) is 30.2 Å². The molecule has 1 saturated heterocycles. The molecule has 4 aromatic heterocycles. The predicted molar refractivity (Wildman–Crippen MR) is 140 cm³/mol. The standard InChI is InChI=1S/C28H23F4N7/c29-20-4-2-1-3-17(20)21-11-18-16(7-8-35-25(18)36-21)26-37-22-13-33-12-19(15-5-6-15)24(22)27(38-26)39-10-9-34-23(14-39)28(30,31)32/h1-4,7-8,11-13,15,23,34H,5-6,9-10,14H2,(H,35,36)/t23-/m1/s1. The van der Waals surface area contributed by atoms with Crippen molar-refractivity contribution in [2.75, 3.05) is 24.5 Å². The summed E-state index contributed by atoms with van der Waals surface area (Å²) in [4.78, 5) is 23.4. The van der Waals surface area contributed by atoms with Crippen LogP contribution >= 0.6 is 0 Å². The van der Waals surface area contributed by atoms with Gasteiger partial charge in [0, 0.05) is 53.9 Å². The van der Waals surface area contributed by atoms with E-state index < -0.39 is 12.2 Å². The summed E-state index contributed by atoms with van der Waals surface area (Å²) in [7, 11) is 0. The first kappa shape index (κ1) is 24.0. The highest BCUT2D eigenvalue weighted by Gasteiger charge is 2.43. The monoisotopic (exact) mass is 533 g/mol. The van der Waals surface area contributed by atoms with Crippen LogP contribution in [-0.2, 0) is 0 Å². The van der Waals surface area contributed by atoms with E-state index in [2.05, 4.69) is 20.3 Å². The van der Waals surface area contributed by atoms with E-state index in [1.807, 2.05) is 0 Å². The van der Waals surface area contributed by atoms with Crippen molar-refractivity contribution in [3.63, 3.8) is 0 Å². The third-order valence-electron chi connectivity index (χ3n) is 7.44. The lowest BCUT2D eigenvalue weighted by atomic mass is 10.1. The number of nitrogens with zero attached hydrogens (tertiary/aromatic N) is 5. The van der Waals surface area contributed by atoms with E-state index in [-0.39, 0.29) is 18.9 Å². The van der Waals surface area contributed by atoms with Gasteiger partial charge in [0.15, 0.2) is 5.82 Å². The van der Waals surface area contributed by atoms with Crippen LogP contribution in [0.3, 0.4) is 0 Å². The van der Waals surface area contributed by atoms with Gasteiger partial charge in [0.1, 0.15) is 23.3 Å². The molecule has 0 unspecified atom stereocenters. The summed E-state index contributed by atoms with van der Waals surface area (Å²) in [5, 5.41) is 4.02. The van der Waals surface area contributed by atoms with Gasteiger partial charge in [-0.3, -0.25) is 4.98 Å². The average molecular weight is 534 g/mol. The maximum atomic E-state index is 14.5. The maximum Gasteiger partial charge on any atom is 0.405 e. The quantitative estimate of drug-likeness (QED) is 0.293. The fourth-order valence-corrected chi connectivity index (χ4v) is 5.35. The van der Waals surface area contributed by atoms with Crippen LogP contribution in [0.5, 0.6) is 0 Å². The molecule has 2 aliphatic rings. The molecule has 0 amide bonds. The van der Waals surface area contributed by atoms with Crippen molar-refractivity contribution in [3.8, 4) is 22.6 Å². The summed E-state index contributed by atoms with van der Waals surface area (Å²) in [5.74, 6) is 0.758. The lowest BCUT2D eigenvalue weighted by Crippen LogP contribution is -2.57. The molecule has 7 nitrogen and oxygen atoms in total. The number of aromatic amines is 1. The predicted octanol–water partition coefficient (Wildman–Crippen LogP) is 5.59. The van der Waals surface area contributed by atoms with Gasteiger partial charge in [-0.1, -0.05) is 12.1 Å². The van der Waals surface area contributed by atoms with E-state index in [0.717, 1.165) is 23.8 Å². The summed E-state index contributed by atoms with van der Waals surface area (Å²) >= 11 is 0. The van der Waals surface area contributed by atoms with Gasteiger partial charge >= 0.3 is 6.18 Å². The summed E-state index contributed by atoms with van der Waals surface area (Å²) in [6, 6.07) is 8.35. The number of benzene rings is 1. The molecule has 0 bridgehead atoms. The zero-order valence-corrected chi connectivity index (χ0v) is 20.6. The summed E-state index contributed by atoms with van der Waals surface area (Å²) in [5.41, 5.74) is 3.67. The van der Waals surface area contributed by atoms with Crippen LogP contribution < -0.4 is 10.2 Å². The molecule has 2 fully saturated rings. The minimum atomic E-state index is -4.38. The van der Waals surface area contributed by atoms with Crippen molar-refractivity contribution in [1.29, 1.82) is 0 Å². The van der Waals surface area contributed by atoms with E-state index in [1.54, 1.807) is 53.8 Å². The van der Waals surface area contributed by atoms with Gasteiger partial charge in [-0.2, -0.15) is 13.2 Å². The number of aromatic nitrogens is 5. The number of H-pyrrole nitrogens is 1. The van der Waals surface area contributed by atoms with Crippen molar-refractivity contribution in [2.24, 2.45) is 0 Å². The molecule has 0 radical (unpaired) electrons. The highest BCUT2D eigenvalue weighted by atomic mass is 19.4. The Hall–Kier alpha value is -4.12. The molecule has 1 saturated carbocycles. The first-order valence-electron chi connectivity index (χ1n) is 12.8. The Morgan fingerprint density at radius 3 is 2.64 bits per heavy atom. The number of fused-ring (bicyclic) bond motifs is 2. The number of hydrogen-bond donors (Lipinski definition) is 2. The van der Waals surface area contributed by atoms with E-state index in [1.165, 1.54) is 6.07 Å². The minimum absolute atomic E-state index is 0.179. The van der Waals surface area contributed by atoms with E-state index in [0.29, 0.717) is 57.5 Å². The van der Waals surface area contributed by atoms with Crippen molar-refractivity contribution in [2.45, 2.75) is 31.0 Å². The van der Waals surface area contributed by atoms with Crippen LogP contribution in [0.15, 0.2) is 55.0 Å². The van der Waals surface area contributed by atoms with Crippen LogP contribution in [0.1, 0.15) is 24.3 Å². The number of halogens is 4. The Labute approximate surface area is 220 Å². The third kappa shape index (κ3) is 4.26. The molecule has 5 heterocycles. The number of rotatable bonds is 4. The molecule has 1 aromatic carbocycles. The molecule has 198 valence electrons. The molecule has 7 rings (SSSR count). The molecule has 0 spiro atoms. The molecule has 2 N–H and O–H groups in total. The maximum absolute atomic E-state index is 14.5. The van der Waals surface area contributed by atoms with Crippen molar-refractivity contribution >= 4 is 27.8 Å². The fraction of sp³-hybridized carbons (Fsp3) is 0.286. The molecule has 39 heavy (non-hydrogen) atoms. The van der Waals surface area contributed by atoms with E-state index in [4.69, 9.17) is 9.97 Å². The Morgan fingerprint density at radius 1 is 1.00 bits per heavy atom. The van der Waals surface area contributed by atoms with Crippen molar-refractivity contribution < 1.29 is 17.6 Å². The lowest BCUT2D eigenvalue weighted by Gasteiger charge is -2.36. The van der Waals surface area contributed by atoms with Gasteiger partial charge in [0.05, 0.1) is 17.4 Å². The summed E-state index contributed by atoms with van der Waals surface area (Å²) < 4.78 is 55.6. The first-order valence-corrected chi connectivity index (χ1v) is 12.8. The topological polar surface area (TPSA) is 82.6 Å². The van der Waals surface area contributed by atoms with Crippen LogP contribution in [0.25, 0.3) is 44.6 Å². The van der Waals surface area contributed by atoms with Crippen LogP contribution in [0.2, 0.25) is 0 Å². The second kappa shape index (κ2) is 8.98. The van der Waals surface area contributed by atoms with E-state index in [9.17, 15) is 17.6 Å². The number of alkyl halides is 3. The molecule has 11 heteroatoms. The Bertz CT molecular complexity index is 1710. The molecular weight excluding hydrogens is 510 g/mol. The highest BCUT2D eigenvalue weighted by molar-refractivity contribution is 5.98. The minimum Gasteiger partial charge on any atom is -0.353 e. The molecule has 1 atom stereocenters. The second-order valence-corrected chi connectivity index (χ2v) is 10.0. The fourth-order valence-electron chi connectivity index (χ4n) is 5.35. The van der Waals surface area contributed by atoms with Crippen LogP contribution in [0.4, 0.5) is 23.4 Å². The van der Waals surface area contributed by atoms with Crippen LogP contribution in [-0.4, -0.2) is 56.8 Å². The summed E-state index contributed by atoms with van der Waals surface area (Å²) in [6.07, 6.45) is 2.66. The number of nitrogens with one attached hydrogen (secondary N) is 2. The third-order valence-corrected chi connectivity index (χ3v) is 7.44. The SMILES string of the molecule is Fc1ccccc1-c1cc2c(-c3nc(N4CCN[C@@H](C(F)(F)F)C4)c4c(C5CC5)cncc4n3)ccnc2[nH]1. The highest BCUT2D eigenvalue weighted by Crippen LogP contribution is 2.45. The number of anilines is 1. The molecule has 5 aromatic rings. The largest absolute Gasteiger partial charge is 0.405 e. The van der Waals surface area contributed by atoms with Crippen LogP contribution in [0, 0.1) is 5.82 Å². The number of piperazine rings is 1. The first-order chi connectivity index (χ1) is 18.9. The second-order valence-electron chi connectivity index (χ2n) is 10.0. The zero-order valence-electron chi connectivity index (χ0n) is 20.6. The number of pyridine rings is 2. The zero-order chi connectivity index (χ0) is 26.7. The average Bonchev–Trinajstić information content (AvgIpc) is 3.69. The summed E-state index contributed by atoms with van der Waals surface area (Å²) in [6.45, 7) is 0.297. The molecule has 1 aliphatic heterocycles. The smallest absolute Gasteiger partial charge is 0.353 e.